The summed E-state index contributed by atoms with van der Waals surface area (Å²) in [6, 6.07) is 0. The van der Waals surface area contributed by atoms with Gasteiger partial charge in [0.25, 0.3) is 0 Å². The van der Waals surface area contributed by atoms with Crippen molar-refractivity contribution in [3.8, 4) is 0 Å². The van der Waals surface area contributed by atoms with E-state index in [0.717, 1.165) is 13.2 Å². The highest BCUT2D eigenvalue weighted by atomic mass is 31.1. The van der Waals surface area contributed by atoms with E-state index in [1.54, 1.807) is 0 Å². The van der Waals surface area contributed by atoms with Crippen LogP contribution in [0.15, 0.2) is 0 Å². The Morgan fingerprint density at radius 1 is 0.769 bits per heavy atom. The summed E-state index contributed by atoms with van der Waals surface area (Å²) in [7, 11) is 0.179. The summed E-state index contributed by atoms with van der Waals surface area (Å²) < 4.78 is 10.8. The minimum Gasteiger partial charge on any atom is -0.336 e. The lowest BCUT2D eigenvalue weighted by molar-refractivity contribution is 0.160. The van der Waals surface area contributed by atoms with Gasteiger partial charge in [-0.15, -0.1) is 0 Å². The van der Waals surface area contributed by atoms with E-state index in [9.17, 15) is 0 Å². The van der Waals surface area contributed by atoms with Gasteiger partial charge >= 0.3 is 0 Å². The Hall–Kier alpha value is 0.350. The van der Waals surface area contributed by atoms with E-state index in [0.29, 0.717) is 0 Å². The molecule has 0 saturated carbocycles. The number of rotatable bonds is 4. The third kappa shape index (κ3) is 12.4. The van der Waals surface area contributed by atoms with Crippen LogP contribution < -0.4 is 0 Å². The first-order chi connectivity index (χ1) is 5.71. The van der Waals surface area contributed by atoms with Gasteiger partial charge in [-0.3, -0.25) is 0 Å². The molecule has 2 nitrogen and oxygen atoms in total. The maximum absolute atomic E-state index is 5.40. The Morgan fingerprint density at radius 3 is 1.31 bits per heavy atom. The van der Waals surface area contributed by atoms with E-state index in [2.05, 4.69) is 41.5 Å². The van der Waals surface area contributed by atoms with Gasteiger partial charge in [-0.2, -0.15) is 0 Å². The highest BCUT2D eigenvalue weighted by molar-refractivity contribution is 7.26. The van der Waals surface area contributed by atoms with Crippen LogP contribution >= 0.6 is 9.03 Å². The van der Waals surface area contributed by atoms with Gasteiger partial charge in [0.05, 0.1) is 13.2 Å². The van der Waals surface area contributed by atoms with Crippen LogP contribution in [0.5, 0.6) is 0 Å². The molecule has 0 unspecified atom stereocenters. The first-order valence-electron chi connectivity index (χ1n) is 4.69. The topological polar surface area (TPSA) is 18.5 Å². The Labute approximate surface area is 84.3 Å². The zero-order chi connectivity index (χ0) is 10.5. The quantitative estimate of drug-likeness (QED) is 0.516. The third-order valence-electron chi connectivity index (χ3n) is 1.13. The molecule has 0 heterocycles. The van der Waals surface area contributed by atoms with E-state index >= 15 is 0 Å². The Morgan fingerprint density at radius 2 is 1.08 bits per heavy atom. The SMILES string of the molecule is CC(C)(C)COPOCC(C)(C)C. The molecule has 80 valence electrons. The summed E-state index contributed by atoms with van der Waals surface area (Å²) in [5.41, 5.74) is 0.468. The molecular weight excluding hydrogens is 183 g/mol. The Bertz CT molecular complexity index is 117. The summed E-state index contributed by atoms with van der Waals surface area (Å²) in [6.45, 7) is 14.4. The normalized spacial score (nSPS) is 13.4. The lowest BCUT2D eigenvalue weighted by Gasteiger charge is -2.20. The third-order valence-corrected chi connectivity index (χ3v) is 1.65. The predicted molar refractivity (Wildman–Crippen MR) is 59.1 cm³/mol. The highest BCUT2D eigenvalue weighted by Gasteiger charge is 2.12. The monoisotopic (exact) mass is 206 g/mol. The fourth-order valence-corrected chi connectivity index (χ4v) is 1.60. The van der Waals surface area contributed by atoms with Gasteiger partial charge in [0.15, 0.2) is 9.03 Å². The average molecular weight is 206 g/mol. The summed E-state index contributed by atoms with van der Waals surface area (Å²) in [5.74, 6) is 0. The molecule has 0 aliphatic heterocycles. The van der Waals surface area contributed by atoms with E-state index in [4.69, 9.17) is 9.05 Å². The van der Waals surface area contributed by atoms with Crippen LogP contribution in [-0.2, 0) is 9.05 Å². The van der Waals surface area contributed by atoms with Gasteiger partial charge in [0.2, 0.25) is 0 Å². The van der Waals surface area contributed by atoms with Crippen LogP contribution in [0.25, 0.3) is 0 Å². The van der Waals surface area contributed by atoms with Crippen LogP contribution in [0, 0.1) is 10.8 Å². The summed E-state index contributed by atoms with van der Waals surface area (Å²) in [6.07, 6.45) is 0. The first kappa shape index (κ1) is 13.4. The summed E-state index contributed by atoms with van der Waals surface area (Å²) in [4.78, 5) is 0. The molecule has 3 heteroatoms. The zero-order valence-electron chi connectivity index (χ0n) is 9.73. The average Bonchev–Trinajstić information content (AvgIpc) is 1.81. The van der Waals surface area contributed by atoms with Crippen LogP contribution in [0.4, 0.5) is 0 Å². The Kier molecular flexibility index (Phi) is 5.43. The second-order valence-electron chi connectivity index (χ2n) is 5.78. The lowest BCUT2D eigenvalue weighted by atomic mass is 9.99. The van der Waals surface area contributed by atoms with Crippen molar-refractivity contribution in [1.82, 2.24) is 0 Å². The lowest BCUT2D eigenvalue weighted by Crippen LogP contribution is -2.13. The van der Waals surface area contributed by atoms with Gasteiger partial charge in [0.1, 0.15) is 0 Å². The van der Waals surface area contributed by atoms with Crippen LogP contribution in [0.1, 0.15) is 41.5 Å². The standard InChI is InChI=1S/C10H23O2P/c1-9(2,3)7-11-13-12-8-10(4,5)6/h13H,7-8H2,1-6H3. The van der Waals surface area contributed by atoms with Gasteiger partial charge < -0.3 is 9.05 Å². The second-order valence-corrected chi connectivity index (χ2v) is 6.53. The molecule has 0 saturated heterocycles. The fourth-order valence-electron chi connectivity index (χ4n) is 0.534. The largest absolute Gasteiger partial charge is 0.336 e. The van der Waals surface area contributed by atoms with Crippen LogP contribution in [-0.4, -0.2) is 13.2 Å². The van der Waals surface area contributed by atoms with Gasteiger partial charge in [-0.1, -0.05) is 41.5 Å². The molecule has 0 aromatic heterocycles. The van der Waals surface area contributed by atoms with E-state index < -0.39 is 0 Å². The molecule has 0 aliphatic rings. The molecular formula is C10H23O2P. The molecule has 0 spiro atoms. The molecule has 0 atom stereocenters. The molecule has 0 amide bonds. The Balaban J connectivity index is 3.28. The minimum atomic E-state index is 0.179. The van der Waals surface area contributed by atoms with E-state index in [1.807, 2.05) is 0 Å². The molecule has 0 aromatic rings. The van der Waals surface area contributed by atoms with Crippen molar-refractivity contribution >= 4 is 9.03 Å². The van der Waals surface area contributed by atoms with Crippen molar-refractivity contribution in [3.05, 3.63) is 0 Å². The molecule has 13 heavy (non-hydrogen) atoms. The minimum absolute atomic E-state index is 0.179. The second kappa shape index (κ2) is 5.29. The van der Waals surface area contributed by atoms with E-state index in [-0.39, 0.29) is 19.9 Å². The number of hydrogen-bond acceptors (Lipinski definition) is 2. The predicted octanol–water partition coefficient (Wildman–Crippen LogP) is 3.62. The zero-order valence-corrected chi connectivity index (χ0v) is 10.7. The molecule has 0 aliphatic carbocycles. The highest BCUT2D eigenvalue weighted by Crippen LogP contribution is 2.24. The van der Waals surface area contributed by atoms with Crippen molar-refractivity contribution < 1.29 is 9.05 Å². The van der Waals surface area contributed by atoms with Crippen molar-refractivity contribution in [2.75, 3.05) is 13.2 Å². The maximum Gasteiger partial charge on any atom is 0.155 e. The molecule has 0 aromatic carbocycles. The van der Waals surface area contributed by atoms with Crippen molar-refractivity contribution in [2.24, 2.45) is 10.8 Å². The van der Waals surface area contributed by atoms with E-state index in [1.165, 1.54) is 0 Å². The molecule has 0 fully saturated rings. The van der Waals surface area contributed by atoms with Crippen molar-refractivity contribution in [2.45, 2.75) is 41.5 Å². The molecule has 0 radical (unpaired) electrons. The van der Waals surface area contributed by atoms with Gasteiger partial charge in [-0.05, 0) is 10.8 Å². The van der Waals surface area contributed by atoms with Gasteiger partial charge in [0, 0.05) is 0 Å². The van der Waals surface area contributed by atoms with Crippen molar-refractivity contribution in [3.63, 3.8) is 0 Å². The van der Waals surface area contributed by atoms with Gasteiger partial charge in [-0.25, -0.2) is 0 Å². The molecule has 0 bridgehead atoms. The molecule has 0 rings (SSSR count). The number of hydrogen-bond donors (Lipinski definition) is 0. The van der Waals surface area contributed by atoms with Crippen LogP contribution in [0.3, 0.4) is 0 Å². The first-order valence-corrected chi connectivity index (χ1v) is 5.51. The summed E-state index contributed by atoms with van der Waals surface area (Å²) in [5, 5.41) is 0. The van der Waals surface area contributed by atoms with Crippen molar-refractivity contribution in [1.29, 1.82) is 0 Å². The fraction of sp³-hybridized carbons (Fsp3) is 1.00. The maximum atomic E-state index is 5.40. The van der Waals surface area contributed by atoms with Crippen LogP contribution in [0.2, 0.25) is 0 Å². The summed E-state index contributed by atoms with van der Waals surface area (Å²) >= 11 is 0. The molecule has 0 N–H and O–H groups in total. The smallest absolute Gasteiger partial charge is 0.155 e.